The lowest BCUT2D eigenvalue weighted by molar-refractivity contribution is 0.372. The summed E-state index contributed by atoms with van der Waals surface area (Å²) in [6, 6.07) is 7.09. The molecule has 1 saturated carbocycles. The van der Waals surface area contributed by atoms with Crippen LogP contribution in [0.3, 0.4) is 0 Å². The Balaban J connectivity index is 1.99. The molecule has 1 atom stereocenters. The molecule has 0 bridgehead atoms. The first-order chi connectivity index (χ1) is 9.26. The molecule has 0 heterocycles. The fraction of sp³-hybridized carbons (Fsp3) is 0.467. The third-order valence-electron chi connectivity index (χ3n) is 3.61. The molecule has 1 fully saturated rings. The van der Waals surface area contributed by atoms with E-state index in [0.29, 0.717) is 5.02 Å². The van der Waals surface area contributed by atoms with Gasteiger partial charge >= 0.3 is 0 Å². The van der Waals surface area contributed by atoms with Crippen LogP contribution in [0.4, 0.5) is 0 Å². The fourth-order valence-corrected chi connectivity index (χ4v) is 3.76. The van der Waals surface area contributed by atoms with Gasteiger partial charge in [-0.2, -0.15) is 0 Å². The van der Waals surface area contributed by atoms with Gasteiger partial charge in [0, 0.05) is 16.5 Å². The number of rotatable bonds is 4. The van der Waals surface area contributed by atoms with E-state index >= 15 is 0 Å². The van der Waals surface area contributed by atoms with Crippen molar-refractivity contribution < 1.29 is 8.42 Å². The quantitative estimate of drug-likeness (QED) is 0.918. The summed E-state index contributed by atoms with van der Waals surface area (Å²) < 4.78 is 26.8. The fourth-order valence-electron chi connectivity index (χ4n) is 2.55. The van der Waals surface area contributed by atoms with E-state index in [1.54, 1.807) is 30.3 Å². The number of benzene rings is 1. The molecule has 1 N–H and O–H groups in total. The summed E-state index contributed by atoms with van der Waals surface area (Å²) in [6.07, 6.45) is 4.43. The summed E-state index contributed by atoms with van der Waals surface area (Å²) in [5.74, 6) is 0. The number of halogens is 1. The van der Waals surface area contributed by atoms with Crippen LogP contribution < -0.4 is 4.72 Å². The van der Waals surface area contributed by atoms with Crippen LogP contribution in [0, 0.1) is 5.41 Å². The summed E-state index contributed by atoms with van der Waals surface area (Å²) >= 11 is 5.79. The van der Waals surface area contributed by atoms with Crippen molar-refractivity contribution in [2.24, 2.45) is 5.41 Å². The lowest BCUT2D eigenvalue weighted by Gasteiger charge is -2.17. The predicted molar refractivity (Wildman–Crippen MR) is 84.0 cm³/mol. The van der Waals surface area contributed by atoms with Crippen molar-refractivity contribution in [2.45, 2.75) is 39.2 Å². The largest absolute Gasteiger partial charge is 0.233 e. The first-order valence-electron chi connectivity index (χ1n) is 6.72. The van der Waals surface area contributed by atoms with Gasteiger partial charge in [0.1, 0.15) is 0 Å². The Morgan fingerprint density at radius 2 is 1.95 bits per heavy atom. The molecule has 0 radical (unpaired) electrons. The van der Waals surface area contributed by atoms with Crippen LogP contribution in [-0.2, 0) is 10.0 Å². The van der Waals surface area contributed by atoms with Gasteiger partial charge < -0.3 is 0 Å². The van der Waals surface area contributed by atoms with Crippen molar-refractivity contribution in [1.29, 1.82) is 0 Å². The highest BCUT2D eigenvalue weighted by atomic mass is 35.5. The second kappa shape index (κ2) is 5.88. The van der Waals surface area contributed by atoms with Gasteiger partial charge in [0.05, 0.1) is 0 Å². The molecule has 0 spiro atoms. The Morgan fingerprint density at radius 3 is 2.50 bits per heavy atom. The van der Waals surface area contributed by atoms with Gasteiger partial charge in [0.2, 0.25) is 10.0 Å². The van der Waals surface area contributed by atoms with E-state index < -0.39 is 10.0 Å². The molecule has 110 valence electrons. The van der Waals surface area contributed by atoms with E-state index in [1.807, 2.05) is 0 Å². The van der Waals surface area contributed by atoms with Gasteiger partial charge in [-0.25, -0.2) is 13.1 Å². The molecule has 1 unspecified atom stereocenters. The third kappa shape index (κ3) is 4.62. The standard InChI is InChI=1S/C15H20ClNO2S/c1-15(2)9-7-14(11-15)17-20(18,19)10-8-12-3-5-13(16)6-4-12/h3-6,8,10,14,17H,7,9,11H2,1-2H3/b10-8+. The smallest absolute Gasteiger partial charge is 0.209 e. The Kier molecular flexibility index (Phi) is 4.57. The molecule has 0 saturated heterocycles. The summed E-state index contributed by atoms with van der Waals surface area (Å²) in [5, 5.41) is 1.86. The molecule has 20 heavy (non-hydrogen) atoms. The predicted octanol–water partition coefficient (Wildman–Crippen LogP) is 3.81. The highest BCUT2D eigenvalue weighted by Gasteiger charge is 2.32. The van der Waals surface area contributed by atoms with Crippen molar-refractivity contribution in [1.82, 2.24) is 4.72 Å². The number of nitrogens with one attached hydrogen (secondary N) is 1. The Hall–Kier alpha value is -0.840. The van der Waals surface area contributed by atoms with Gasteiger partial charge in [-0.3, -0.25) is 0 Å². The summed E-state index contributed by atoms with van der Waals surface area (Å²) in [4.78, 5) is 0. The monoisotopic (exact) mass is 313 g/mol. The van der Waals surface area contributed by atoms with Gasteiger partial charge in [0.25, 0.3) is 0 Å². The van der Waals surface area contributed by atoms with Crippen LogP contribution >= 0.6 is 11.6 Å². The molecule has 3 nitrogen and oxygen atoms in total. The van der Waals surface area contributed by atoms with Crippen LogP contribution in [-0.4, -0.2) is 14.5 Å². The van der Waals surface area contributed by atoms with E-state index in [1.165, 1.54) is 5.41 Å². The maximum Gasteiger partial charge on any atom is 0.233 e. The zero-order chi connectivity index (χ0) is 14.8. The summed E-state index contributed by atoms with van der Waals surface area (Å²) in [7, 11) is -3.39. The van der Waals surface area contributed by atoms with Crippen LogP contribution in [0.2, 0.25) is 5.02 Å². The Morgan fingerprint density at radius 1 is 1.30 bits per heavy atom. The molecule has 1 aromatic rings. The minimum absolute atomic E-state index is 0.0462. The second-order valence-corrected chi connectivity index (χ2v) is 8.16. The second-order valence-electron chi connectivity index (χ2n) is 6.12. The normalized spacial score (nSPS) is 22.4. The molecular weight excluding hydrogens is 294 g/mol. The molecule has 1 aliphatic rings. The molecule has 0 aromatic heterocycles. The summed E-state index contributed by atoms with van der Waals surface area (Å²) in [6.45, 7) is 4.34. The molecule has 0 aliphatic heterocycles. The average Bonchev–Trinajstić information content (AvgIpc) is 2.67. The topological polar surface area (TPSA) is 46.2 Å². The summed E-state index contributed by atoms with van der Waals surface area (Å²) in [5.41, 5.74) is 1.04. The Labute approximate surface area is 126 Å². The van der Waals surface area contributed by atoms with E-state index in [4.69, 9.17) is 11.6 Å². The minimum Gasteiger partial charge on any atom is -0.209 e. The average molecular weight is 314 g/mol. The van der Waals surface area contributed by atoms with Crippen molar-refractivity contribution in [3.8, 4) is 0 Å². The SMILES string of the molecule is CC1(C)CCC(NS(=O)(=O)/C=C/c2ccc(Cl)cc2)C1. The zero-order valence-corrected chi connectivity index (χ0v) is 13.3. The molecule has 1 aliphatic carbocycles. The number of sulfonamides is 1. The van der Waals surface area contributed by atoms with E-state index in [2.05, 4.69) is 18.6 Å². The maximum absolute atomic E-state index is 12.0. The lowest BCUT2D eigenvalue weighted by atomic mass is 9.92. The first-order valence-corrected chi connectivity index (χ1v) is 8.64. The number of hydrogen-bond acceptors (Lipinski definition) is 2. The van der Waals surface area contributed by atoms with Crippen LogP contribution in [0.1, 0.15) is 38.7 Å². The minimum atomic E-state index is -3.39. The van der Waals surface area contributed by atoms with Gasteiger partial charge in [-0.15, -0.1) is 0 Å². The third-order valence-corrected chi connectivity index (χ3v) is 5.02. The highest BCUT2D eigenvalue weighted by molar-refractivity contribution is 7.92. The van der Waals surface area contributed by atoms with E-state index in [-0.39, 0.29) is 11.5 Å². The highest BCUT2D eigenvalue weighted by Crippen LogP contribution is 2.37. The van der Waals surface area contributed by atoms with E-state index in [0.717, 1.165) is 24.8 Å². The first kappa shape index (κ1) is 15.5. The maximum atomic E-state index is 12.0. The van der Waals surface area contributed by atoms with Crippen molar-refractivity contribution in [3.63, 3.8) is 0 Å². The van der Waals surface area contributed by atoms with E-state index in [9.17, 15) is 8.42 Å². The van der Waals surface area contributed by atoms with Crippen LogP contribution in [0.25, 0.3) is 6.08 Å². The van der Waals surface area contributed by atoms with Crippen molar-refractivity contribution in [2.75, 3.05) is 0 Å². The molecule has 2 rings (SSSR count). The van der Waals surface area contributed by atoms with Crippen molar-refractivity contribution >= 4 is 27.7 Å². The lowest BCUT2D eigenvalue weighted by Crippen LogP contribution is -2.32. The Bertz CT molecular complexity index is 591. The van der Waals surface area contributed by atoms with Crippen molar-refractivity contribution in [3.05, 3.63) is 40.3 Å². The number of hydrogen-bond donors (Lipinski definition) is 1. The van der Waals surface area contributed by atoms with Gasteiger partial charge in [-0.1, -0.05) is 37.6 Å². The van der Waals surface area contributed by atoms with Gasteiger partial charge in [0.15, 0.2) is 0 Å². The molecule has 1 aromatic carbocycles. The molecule has 5 heteroatoms. The molecule has 0 amide bonds. The zero-order valence-electron chi connectivity index (χ0n) is 11.8. The van der Waals surface area contributed by atoms with Gasteiger partial charge in [-0.05, 0) is 48.4 Å². The van der Waals surface area contributed by atoms with Crippen LogP contribution in [0.15, 0.2) is 29.7 Å². The van der Waals surface area contributed by atoms with Crippen LogP contribution in [0.5, 0.6) is 0 Å². The molecular formula is C15H20ClNO2S.